The molecule has 2 aliphatic heterocycles. The van der Waals surface area contributed by atoms with Gasteiger partial charge < -0.3 is 20.0 Å². The van der Waals surface area contributed by atoms with E-state index in [1.165, 1.54) is 22.7 Å². The fourth-order valence-corrected chi connectivity index (χ4v) is 6.56. The molecule has 0 radical (unpaired) electrons. The van der Waals surface area contributed by atoms with Crippen molar-refractivity contribution in [3.05, 3.63) is 80.7 Å². The minimum Gasteiger partial charge on any atom is -0.340 e. The smallest absolute Gasteiger partial charge is 0.264 e. The van der Waals surface area contributed by atoms with Crippen LogP contribution in [-0.4, -0.2) is 83.8 Å². The number of likely N-dealkylation sites (tertiary alicyclic amines) is 1. The third-order valence-electron chi connectivity index (χ3n) is 7.13. The van der Waals surface area contributed by atoms with Crippen LogP contribution in [0.3, 0.4) is 0 Å². The van der Waals surface area contributed by atoms with E-state index in [2.05, 4.69) is 17.4 Å². The van der Waals surface area contributed by atoms with Gasteiger partial charge in [0.15, 0.2) is 0 Å². The summed E-state index contributed by atoms with van der Waals surface area (Å²) in [6.45, 7) is 3.83. The zero-order valence-corrected chi connectivity index (χ0v) is 22.4. The molecule has 194 valence electrons. The Morgan fingerprint density at radius 3 is 2.41 bits per heavy atom. The Morgan fingerprint density at radius 2 is 1.68 bits per heavy atom. The SMILES string of the molecule is O=C(C1CC(N(CCc2ccccc2)C(=O)c2cccs2)CN1C(=O)c1cccs1)N1CCCNCC1. The second-order valence-corrected chi connectivity index (χ2v) is 11.4. The fraction of sp³-hybridized carbons (Fsp3) is 0.393. The quantitative estimate of drug-likeness (QED) is 0.501. The van der Waals surface area contributed by atoms with E-state index in [-0.39, 0.29) is 23.8 Å². The van der Waals surface area contributed by atoms with E-state index in [0.717, 1.165) is 25.1 Å². The maximum Gasteiger partial charge on any atom is 0.264 e. The van der Waals surface area contributed by atoms with Crippen molar-refractivity contribution in [2.45, 2.75) is 31.3 Å². The van der Waals surface area contributed by atoms with E-state index >= 15 is 0 Å². The van der Waals surface area contributed by atoms with Crippen LogP contribution in [0.15, 0.2) is 65.4 Å². The zero-order valence-electron chi connectivity index (χ0n) is 20.8. The molecule has 9 heteroatoms. The molecule has 3 aromatic rings. The summed E-state index contributed by atoms with van der Waals surface area (Å²) in [6.07, 6.45) is 2.05. The van der Waals surface area contributed by atoms with Gasteiger partial charge in [-0.1, -0.05) is 42.5 Å². The number of thiophene rings is 2. The summed E-state index contributed by atoms with van der Waals surface area (Å²) in [5.74, 6) is -0.176. The van der Waals surface area contributed by atoms with Crippen LogP contribution in [0.1, 0.15) is 37.7 Å². The van der Waals surface area contributed by atoms with Crippen LogP contribution in [0.5, 0.6) is 0 Å². The molecule has 37 heavy (non-hydrogen) atoms. The Labute approximate surface area is 225 Å². The van der Waals surface area contributed by atoms with Crippen molar-refractivity contribution >= 4 is 40.4 Å². The fourth-order valence-electron chi connectivity index (χ4n) is 5.20. The Bertz CT molecular complexity index is 1180. The van der Waals surface area contributed by atoms with Gasteiger partial charge in [0.05, 0.1) is 15.8 Å². The van der Waals surface area contributed by atoms with Gasteiger partial charge >= 0.3 is 0 Å². The highest BCUT2D eigenvalue weighted by molar-refractivity contribution is 7.12. The first-order chi connectivity index (χ1) is 18.1. The standard InChI is InChI=1S/C28H32N4O3S2/c33-26(30-14-6-12-29-13-16-30)23-19-22(20-32(23)28(35)25-10-5-18-37-25)31(27(34)24-9-4-17-36-24)15-11-21-7-2-1-3-8-21/h1-5,7-10,17-18,22-23,29H,6,11-16,19-20H2. The molecule has 1 N–H and O–H groups in total. The Balaban J connectivity index is 1.42. The van der Waals surface area contributed by atoms with Crippen molar-refractivity contribution in [1.29, 1.82) is 0 Å². The van der Waals surface area contributed by atoms with Gasteiger partial charge in [0, 0.05) is 32.7 Å². The number of nitrogens with one attached hydrogen (secondary N) is 1. The number of nitrogens with zero attached hydrogens (tertiary/aromatic N) is 3. The maximum absolute atomic E-state index is 13.8. The van der Waals surface area contributed by atoms with Crippen LogP contribution in [-0.2, 0) is 11.2 Å². The molecule has 4 heterocycles. The van der Waals surface area contributed by atoms with Crippen molar-refractivity contribution in [2.24, 2.45) is 0 Å². The van der Waals surface area contributed by atoms with Crippen LogP contribution in [0.25, 0.3) is 0 Å². The molecule has 3 amide bonds. The van der Waals surface area contributed by atoms with E-state index in [9.17, 15) is 14.4 Å². The summed E-state index contributed by atoms with van der Waals surface area (Å²) < 4.78 is 0. The maximum atomic E-state index is 13.8. The highest BCUT2D eigenvalue weighted by atomic mass is 32.1. The molecular weight excluding hydrogens is 504 g/mol. The van der Waals surface area contributed by atoms with E-state index in [0.29, 0.717) is 48.8 Å². The van der Waals surface area contributed by atoms with Gasteiger partial charge in [-0.05, 0) is 54.3 Å². The second kappa shape index (κ2) is 12.0. The average molecular weight is 537 g/mol. The third kappa shape index (κ3) is 5.95. The largest absolute Gasteiger partial charge is 0.340 e. The van der Waals surface area contributed by atoms with E-state index in [1.807, 2.05) is 63.0 Å². The number of rotatable bonds is 7. The normalized spacial score (nSPS) is 20.0. The number of hydrogen-bond donors (Lipinski definition) is 1. The van der Waals surface area contributed by atoms with Crippen LogP contribution in [0.4, 0.5) is 0 Å². The first-order valence-corrected chi connectivity index (χ1v) is 14.6. The number of carbonyl (C=O) groups is 3. The number of amides is 3. The molecule has 2 saturated heterocycles. The molecule has 2 aliphatic rings. The van der Waals surface area contributed by atoms with Crippen LogP contribution in [0, 0.1) is 0 Å². The molecule has 2 unspecified atom stereocenters. The summed E-state index contributed by atoms with van der Waals surface area (Å²) in [7, 11) is 0. The molecule has 1 aromatic carbocycles. The van der Waals surface area contributed by atoms with E-state index < -0.39 is 6.04 Å². The topological polar surface area (TPSA) is 73.0 Å². The lowest BCUT2D eigenvalue weighted by molar-refractivity contribution is -0.135. The lowest BCUT2D eigenvalue weighted by Crippen LogP contribution is -2.48. The number of carbonyl (C=O) groups excluding carboxylic acids is 3. The minimum atomic E-state index is -0.576. The predicted octanol–water partition coefficient (Wildman–Crippen LogP) is 3.60. The lowest BCUT2D eigenvalue weighted by atomic mass is 10.1. The van der Waals surface area contributed by atoms with Crippen molar-refractivity contribution in [1.82, 2.24) is 20.0 Å². The molecule has 0 saturated carbocycles. The van der Waals surface area contributed by atoms with E-state index in [4.69, 9.17) is 0 Å². The van der Waals surface area contributed by atoms with Gasteiger partial charge in [-0.25, -0.2) is 0 Å². The molecule has 0 spiro atoms. The molecular formula is C28H32N4O3S2. The number of benzene rings is 1. The molecule has 0 aliphatic carbocycles. The van der Waals surface area contributed by atoms with Crippen LogP contribution < -0.4 is 5.32 Å². The zero-order chi connectivity index (χ0) is 25.6. The Hall–Kier alpha value is -3.01. The lowest BCUT2D eigenvalue weighted by Gasteiger charge is -2.29. The monoisotopic (exact) mass is 536 g/mol. The van der Waals surface area contributed by atoms with Gasteiger partial charge in [-0.3, -0.25) is 14.4 Å². The van der Waals surface area contributed by atoms with Gasteiger partial charge in [0.1, 0.15) is 6.04 Å². The summed E-state index contributed by atoms with van der Waals surface area (Å²) in [4.78, 5) is 47.8. The van der Waals surface area contributed by atoms with Crippen LogP contribution >= 0.6 is 22.7 Å². The number of hydrogen-bond acceptors (Lipinski definition) is 6. The average Bonchev–Trinajstić information content (AvgIpc) is 3.69. The van der Waals surface area contributed by atoms with E-state index in [1.54, 1.807) is 4.90 Å². The Morgan fingerprint density at radius 1 is 0.919 bits per heavy atom. The molecule has 2 fully saturated rings. The summed E-state index contributed by atoms with van der Waals surface area (Å²) >= 11 is 2.81. The van der Waals surface area contributed by atoms with Crippen LogP contribution in [0.2, 0.25) is 0 Å². The third-order valence-corrected chi connectivity index (χ3v) is 8.84. The molecule has 2 atom stereocenters. The first-order valence-electron chi connectivity index (χ1n) is 12.8. The van der Waals surface area contributed by atoms with Crippen molar-refractivity contribution in [3.63, 3.8) is 0 Å². The second-order valence-electron chi connectivity index (χ2n) is 9.48. The van der Waals surface area contributed by atoms with Gasteiger partial charge in [-0.2, -0.15) is 0 Å². The molecule has 0 bridgehead atoms. The predicted molar refractivity (Wildman–Crippen MR) is 147 cm³/mol. The summed E-state index contributed by atoms with van der Waals surface area (Å²) in [5, 5.41) is 7.13. The van der Waals surface area contributed by atoms with Gasteiger partial charge in [0.25, 0.3) is 11.8 Å². The summed E-state index contributed by atoms with van der Waals surface area (Å²) in [6, 6.07) is 16.7. The summed E-state index contributed by atoms with van der Waals surface area (Å²) in [5.41, 5.74) is 1.15. The highest BCUT2D eigenvalue weighted by Gasteiger charge is 2.45. The van der Waals surface area contributed by atoms with Crippen molar-refractivity contribution in [3.8, 4) is 0 Å². The molecule has 7 nitrogen and oxygen atoms in total. The highest BCUT2D eigenvalue weighted by Crippen LogP contribution is 2.29. The van der Waals surface area contributed by atoms with Crippen molar-refractivity contribution in [2.75, 3.05) is 39.3 Å². The Kier molecular flexibility index (Phi) is 8.33. The minimum absolute atomic E-state index is 0.0114. The first kappa shape index (κ1) is 25.6. The van der Waals surface area contributed by atoms with Gasteiger partial charge in [0.2, 0.25) is 5.91 Å². The molecule has 2 aromatic heterocycles. The van der Waals surface area contributed by atoms with Crippen molar-refractivity contribution < 1.29 is 14.4 Å². The van der Waals surface area contributed by atoms with Gasteiger partial charge in [-0.15, -0.1) is 22.7 Å². The molecule has 5 rings (SSSR count).